The summed E-state index contributed by atoms with van der Waals surface area (Å²) < 4.78 is 10.2. The maximum absolute atomic E-state index is 11.8. The Morgan fingerprint density at radius 2 is 1.38 bits per heavy atom. The van der Waals surface area contributed by atoms with Crippen LogP contribution in [0.25, 0.3) is 0 Å². The van der Waals surface area contributed by atoms with Crippen LogP contribution in [0.4, 0.5) is 4.79 Å². The summed E-state index contributed by atoms with van der Waals surface area (Å²) in [6.45, 7) is 0.276. The number of nitrogens with one attached hydrogen (secondary N) is 1. The maximum Gasteiger partial charge on any atom is 0.408 e. The van der Waals surface area contributed by atoms with Crippen molar-refractivity contribution in [3.8, 4) is 0 Å². The molecule has 0 aromatic heterocycles. The van der Waals surface area contributed by atoms with Gasteiger partial charge in [0.2, 0.25) is 0 Å². The van der Waals surface area contributed by atoms with Crippen molar-refractivity contribution in [1.82, 2.24) is 5.32 Å². The molecule has 7 heteroatoms. The Hall–Kier alpha value is -3.35. The number of carbonyl (C=O) groups excluding carboxylic acids is 2. The number of rotatable bonds is 11. The normalized spacial score (nSPS) is 11.3. The molecule has 2 aromatic rings. The van der Waals surface area contributed by atoms with E-state index in [-0.39, 0.29) is 32.0 Å². The molecule has 2 N–H and O–H groups in total. The number of ether oxygens (including phenoxy) is 2. The van der Waals surface area contributed by atoms with Gasteiger partial charge < -0.3 is 19.9 Å². The van der Waals surface area contributed by atoms with Gasteiger partial charge in [0.1, 0.15) is 19.3 Å². The average Bonchev–Trinajstić information content (AvgIpc) is 2.74. The number of amides is 1. The zero-order valence-corrected chi connectivity index (χ0v) is 16.1. The van der Waals surface area contributed by atoms with Crippen LogP contribution in [0.1, 0.15) is 36.8 Å². The van der Waals surface area contributed by atoms with E-state index < -0.39 is 18.1 Å². The van der Waals surface area contributed by atoms with Crippen LogP contribution in [0.3, 0.4) is 0 Å². The van der Waals surface area contributed by atoms with Gasteiger partial charge in [-0.15, -0.1) is 0 Å². The first-order valence-electron chi connectivity index (χ1n) is 9.44. The molecule has 154 valence electrons. The van der Waals surface area contributed by atoms with Gasteiger partial charge in [-0.05, 0) is 24.0 Å². The van der Waals surface area contributed by atoms with E-state index in [1.54, 1.807) is 12.1 Å². The molecular weight excluding hydrogens is 374 g/mol. The first kappa shape index (κ1) is 21.9. The number of hydrogen-bond acceptors (Lipinski definition) is 5. The van der Waals surface area contributed by atoms with Gasteiger partial charge in [0.15, 0.2) is 0 Å². The standard InChI is InChI=1S/C22H25NO6/c24-20(28-15-17-9-3-1-4-10-17)14-8-7-13-19(21(25)26)23-22(27)29-16-18-11-5-2-6-12-18/h1-6,9-12,19H,7-8,13-16H2,(H,23,27)(H,25,26)/t19-/m0/s1. The fourth-order valence-corrected chi connectivity index (χ4v) is 2.59. The quantitative estimate of drug-likeness (QED) is 0.442. The number of esters is 1. The zero-order chi connectivity index (χ0) is 20.9. The monoisotopic (exact) mass is 399 g/mol. The Labute approximate surface area is 169 Å². The number of benzene rings is 2. The lowest BCUT2D eigenvalue weighted by molar-refractivity contribution is -0.145. The summed E-state index contributed by atoms with van der Waals surface area (Å²) in [5.74, 6) is -1.48. The molecule has 0 aliphatic heterocycles. The van der Waals surface area contributed by atoms with E-state index in [9.17, 15) is 19.5 Å². The van der Waals surface area contributed by atoms with Crippen LogP contribution in [-0.2, 0) is 32.3 Å². The smallest absolute Gasteiger partial charge is 0.408 e. The summed E-state index contributed by atoms with van der Waals surface area (Å²) in [5.41, 5.74) is 1.72. The summed E-state index contributed by atoms with van der Waals surface area (Å²) in [5, 5.41) is 11.6. The molecule has 1 amide bonds. The summed E-state index contributed by atoms with van der Waals surface area (Å²) >= 11 is 0. The molecule has 0 saturated heterocycles. The summed E-state index contributed by atoms with van der Waals surface area (Å²) in [6.07, 6.45) is 0.525. The van der Waals surface area contributed by atoms with Gasteiger partial charge in [0.25, 0.3) is 0 Å². The second-order valence-corrected chi connectivity index (χ2v) is 6.49. The number of hydrogen-bond donors (Lipinski definition) is 2. The number of carbonyl (C=O) groups is 3. The third-order valence-corrected chi connectivity index (χ3v) is 4.17. The fourth-order valence-electron chi connectivity index (χ4n) is 2.59. The van der Waals surface area contributed by atoms with Crippen LogP contribution in [0.15, 0.2) is 60.7 Å². The highest BCUT2D eigenvalue weighted by Crippen LogP contribution is 2.08. The zero-order valence-electron chi connectivity index (χ0n) is 16.1. The first-order valence-corrected chi connectivity index (χ1v) is 9.44. The summed E-state index contributed by atoms with van der Waals surface area (Å²) in [4.78, 5) is 34.9. The van der Waals surface area contributed by atoms with E-state index in [2.05, 4.69) is 5.32 Å². The predicted molar refractivity (Wildman–Crippen MR) is 106 cm³/mol. The lowest BCUT2D eigenvalue weighted by Crippen LogP contribution is -2.41. The van der Waals surface area contributed by atoms with E-state index >= 15 is 0 Å². The minimum absolute atomic E-state index is 0.0618. The highest BCUT2D eigenvalue weighted by molar-refractivity contribution is 5.79. The van der Waals surface area contributed by atoms with Crippen molar-refractivity contribution < 1.29 is 29.0 Å². The van der Waals surface area contributed by atoms with Crippen LogP contribution in [0.5, 0.6) is 0 Å². The van der Waals surface area contributed by atoms with E-state index in [1.165, 1.54) is 0 Å². The summed E-state index contributed by atoms with van der Waals surface area (Å²) in [7, 11) is 0. The summed E-state index contributed by atoms with van der Waals surface area (Å²) in [6, 6.07) is 17.4. The van der Waals surface area contributed by atoms with E-state index in [4.69, 9.17) is 9.47 Å². The molecule has 2 rings (SSSR count). The second-order valence-electron chi connectivity index (χ2n) is 6.49. The van der Waals surface area contributed by atoms with Crippen molar-refractivity contribution in [2.45, 2.75) is 44.9 Å². The lowest BCUT2D eigenvalue weighted by Gasteiger charge is -2.14. The Morgan fingerprint density at radius 3 is 1.93 bits per heavy atom. The van der Waals surface area contributed by atoms with Crippen molar-refractivity contribution in [2.24, 2.45) is 0 Å². The largest absolute Gasteiger partial charge is 0.480 e. The molecule has 0 fully saturated rings. The highest BCUT2D eigenvalue weighted by Gasteiger charge is 2.20. The van der Waals surface area contributed by atoms with Crippen LogP contribution in [-0.4, -0.2) is 29.2 Å². The van der Waals surface area contributed by atoms with Gasteiger partial charge in [0.05, 0.1) is 0 Å². The predicted octanol–water partition coefficient (Wildman–Crippen LogP) is 3.67. The van der Waals surface area contributed by atoms with Crippen LogP contribution < -0.4 is 5.32 Å². The first-order chi connectivity index (χ1) is 14.0. The lowest BCUT2D eigenvalue weighted by atomic mass is 10.1. The van der Waals surface area contributed by atoms with E-state index in [1.807, 2.05) is 48.5 Å². The number of carboxylic acids is 1. The van der Waals surface area contributed by atoms with Crippen LogP contribution in [0.2, 0.25) is 0 Å². The molecule has 29 heavy (non-hydrogen) atoms. The Bertz CT molecular complexity index is 778. The SMILES string of the molecule is O=C(CCCC[C@H](NC(=O)OCc1ccccc1)C(=O)O)OCc1ccccc1. The molecule has 0 aliphatic rings. The minimum Gasteiger partial charge on any atom is -0.480 e. The molecule has 1 atom stereocenters. The molecule has 7 nitrogen and oxygen atoms in total. The molecule has 2 aromatic carbocycles. The average molecular weight is 399 g/mol. The van der Waals surface area contributed by atoms with Crippen LogP contribution >= 0.6 is 0 Å². The third kappa shape index (κ3) is 8.92. The molecular formula is C22H25NO6. The molecule has 0 heterocycles. The van der Waals surface area contributed by atoms with E-state index in [0.717, 1.165) is 11.1 Å². The highest BCUT2D eigenvalue weighted by atomic mass is 16.5. The van der Waals surface area contributed by atoms with Crippen molar-refractivity contribution >= 4 is 18.0 Å². The van der Waals surface area contributed by atoms with Crippen molar-refractivity contribution in [3.05, 3.63) is 71.8 Å². The van der Waals surface area contributed by atoms with Gasteiger partial charge in [0, 0.05) is 6.42 Å². The van der Waals surface area contributed by atoms with Gasteiger partial charge in [-0.2, -0.15) is 0 Å². The molecule has 0 bridgehead atoms. The van der Waals surface area contributed by atoms with Gasteiger partial charge >= 0.3 is 18.0 Å². The van der Waals surface area contributed by atoms with Crippen molar-refractivity contribution in [2.75, 3.05) is 0 Å². The van der Waals surface area contributed by atoms with Gasteiger partial charge in [-0.1, -0.05) is 67.1 Å². The molecule has 0 radical (unpaired) electrons. The topological polar surface area (TPSA) is 102 Å². The third-order valence-electron chi connectivity index (χ3n) is 4.17. The molecule has 0 aliphatic carbocycles. The number of alkyl carbamates (subject to hydrolysis) is 1. The van der Waals surface area contributed by atoms with Crippen molar-refractivity contribution in [3.63, 3.8) is 0 Å². The Morgan fingerprint density at radius 1 is 0.828 bits per heavy atom. The number of carboxylic acid groups (broad SMARTS) is 1. The van der Waals surface area contributed by atoms with Gasteiger partial charge in [-0.3, -0.25) is 4.79 Å². The number of aliphatic carboxylic acids is 1. The fraction of sp³-hybridized carbons (Fsp3) is 0.318. The van der Waals surface area contributed by atoms with Crippen molar-refractivity contribution in [1.29, 1.82) is 0 Å². The van der Waals surface area contributed by atoms with Crippen LogP contribution in [0, 0.1) is 0 Å². The maximum atomic E-state index is 11.8. The van der Waals surface area contributed by atoms with E-state index in [0.29, 0.717) is 12.8 Å². The van der Waals surface area contributed by atoms with Gasteiger partial charge in [-0.25, -0.2) is 9.59 Å². The molecule has 0 unspecified atom stereocenters. The Kier molecular flexibility index (Phi) is 9.21. The molecule has 0 spiro atoms. The Balaban J connectivity index is 1.63. The number of unbranched alkanes of at least 4 members (excludes halogenated alkanes) is 1. The minimum atomic E-state index is -1.15. The second kappa shape index (κ2) is 12.2. The molecule has 0 saturated carbocycles.